The highest BCUT2D eigenvalue weighted by Gasteiger charge is 2.29. The van der Waals surface area contributed by atoms with Crippen LogP contribution in [-0.4, -0.2) is 47.4 Å². The summed E-state index contributed by atoms with van der Waals surface area (Å²) in [6.45, 7) is 5.24. The van der Waals surface area contributed by atoms with Crippen molar-refractivity contribution in [1.82, 2.24) is 14.9 Å². The van der Waals surface area contributed by atoms with Crippen molar-refractivity contribution in [3.8, 4) is 22.8 Å². The average Bonchev–Trinajstić information content (AvgIpc) is 3.49. The summed E-state index contributed by atoms with van der Waals surface area (Å²) in [6.07, 6.45) is -0.985. The number of carbonyl (C=O) groups excluding carboxylic acids is 1. The highest BCUT2D eigenvalue weighted by Crippen LogP contribution is 2.34. The van der Waals surface area contributed by atoms with Gasteiger partial charge in [-0.15, -0.1) is 11.3 Å². The average molecular weight is 658 g/mol. The molecule has 2 heterocycles. The van der Waals surface area contributed by atoms with E-state index in [4.69, 9.17) is 32.5 Å². The second-order valence-corrected chi connectivity index (χ2v) is 13.8. The lowest BCUT2D eigenvalue weighted by Gasteiger charge is -2.19. The number of aliphatic carboxylic acids is 1. The van der Waals surface area contributed by atoms with Gasteiger partial charge in [-0.2, -0.15) is 9.71 Å². The molecule has 0 fully saturated rings. The van der Waals surface area contributed by atoms with Crippen LogP contribution < -0.4 is 10.0 Å². The quantitative estimate of drug-likeness (QED) is 0.190. The van der Waals surface area contributed by atoms with Crippen molar-refractivity contribution < 1.29 is 36.8 Å². The van der Waals surface area contributed by atoms with E-state index < -0.39 is 39.5 Å². The van der Waals surface area contributed by atoms with Crippen LogP contribution in [-0.2, 0) is 26.0 Å². The lowest BCUT2D eigenvalue weighted by molar-refractivity contribution is -0.138. The maximum Gasteiger partial charge on any atom is 0.412 e. The number of carbonyl (C=O) groups is 2. The van der Waals surface area contributed by atoms with Crippen molar-refractivity contribution in [2.75, 3.05) is 5.32 Å². The molecule has 4 rings (SSSR count). The minimum Gasteiger partial charge on any atom is -0.480 e. The van der Waals surface area contributed by atoms with E-state index >= 15 is 4.39 Å². The number of nitrogens with one attached hydrogen (secondary N) is 2. The summed E-state index contributed by atoms with van der Waals surface area (Å²) in [7, 11) is -4.33. The highest BCUT2D eigenvalue weighted by atomic mass is 35.5. The van der Waals surface area contributed by atoms with Crippen molar-refractivity contribution in [3.05, 3.63) is 68.6 Å². The first-order chi connectivity index (χ1) is 19.6. The molecule has 1 unspecified atom stereocenters. The number of halogens is 3. The standard InChI is InChI=1S/C26H23Cl2FN4O7S2/c1-26(2,3)39-25(36)30-15-7-5-14(6-8-15)23-31-22(32-40-23)16-9-4-13(10-17(16)29)11-18(24(34)35)33-42(37,38)19-12-20(27)41-21(19)28/h4-10,12,18,33H,11H2,1-3H3,(H,30,36)(H,34,35). The van der Waals surface area contributed by atoms with Gasteiger partial charge >= 0.3 is 12.1 Å². The molecule has 1 amide bonds. The molecule has 0 radical (unpaired) electrons. The van der Waals surface area contributed by atoms with Gasteiger partial charge in [-0.25, -0.2) is 17.6 Å². The molecule has 0 aliphatic carbocycles. The van der Waals surface area contributed by atoms with Gasteiger partial charge in [0.15, 0.2) is 0 Å². The highest BCUT2D eigenvalue weighted by molar-refractivity contribution is 7.89. The number of aromatic nitrogens is 2. The van der Waals surface area contributed by atoms with Crippen LogP contribution in [0.2, 0.25) is 8.67 Å². The lowest BCUT2D eigenvalue weighted by atomic mass is 10.0. The van der Waals surface area contributed by atoms with Gasteiger partial charge in [0, 0.05) is 11.3 Å². The van der Waals surface area contributed by atoms with Gasteiger partial charge < -0.3 is 14.4 Å². The summed E-state index contributed by atoms with van der Waals surface area (Å²) in [6, 6.07) is 9.74. The molecule has 3 N–H and O–H groups in total. The van der Waals surface area contributed by atoms with Crippen LogP contribution in [0.1, 0.15) is 26.3 Å². The molecule has 42 heavy (non-hydrogen) atoms. The molecule has 0 aliphatic heterocycles. The molecule has 2 aromatic carbocycles. The smallest absolute Gasteiger partial charge is 0.412 e. The van der Waals surface area contributed by atoms with Gasteiger partial charge in [0.2, 0.25) is 15.8 Å². The molecule has 2 aromatic heterocycles. The van der Waals surface area contributed by atoms with E-state index in [2.05, 4.69) is 20.2 Å². The van der Waals surface area contributed by atoms with Gasteiger partial charge in [-0.3, -0.25) is 10.1 Å². The molecule has 0 bridgehead atoms. The molecular weight excluding hydrogens is 634 g/mol. The van der Waals surface area contributed by atoms with E-state index in [1.807, 2.05) is 0 Å². The van der Waals surface area contributed by atoms with E-state index in [1.165, 1.54) is 12.1 Å². The number of thiophene rings is 1. The number of carboxylic acids is 1. The van der Waals surface area contributed by atoms with Crippen LogP contribution in [0.4, 0.5) is 14.9 Å². The number of ether oxygens (including phenoxy) is 1. The van der Waals surface area contributed by atoms with Crippen molar-refractivity contribution in [3.63, 3.8) is 0 Å². The van der Waals surface area contributed by atoms with Crippen molar-refractivity contribution in [2.45, 2.75) is 43.7 Å². The van der Waals surface area contributed by atoms with Crippen LogP contribution in [0.25, 0.3) is 22.8 Å². The van der Waals surface area contributed by atoms with Crippen LogP contribution in [0.15, 0.2) is 57.9 Å². The van der Waals surface area contributed by atoms with Crippen molar-refractivity contribution in [1.29, 1.82) is 0 Å². The Morgan fingerprint density at radius 3 is 2.40 bits per heavy atom. The Kier molecular flexibility index (Phi) is 9.23. The van der Waals surface area contributed by atoms with E-state index in [1.54, 1.807) is 45.0 Å². The number of carboxylic acid groups (broad SMARTS) is 1. The first-order valence-corrected chi connectivity index (χ1v) is 15.1. The Bertz CT molecular complexity index is 1740. The van der Waals surface area contributed by atoms with Crippen LogP contribution >= 0.6 is 34.5 Å². The third-order valence-corrected chi connectivity index (χ3v) is 8.65. The SMILES string of the molecule is CC(C)(C)OC(=O)Nc1ccc(-c2nc(-c3ccc(CC(NS(=O)(=O)c4cc(Cl)sc4Cl)C(=O)O)cc3F)no2)cc1. The molecule has 222 valence electrons. The first kappa shape index (κ1) is 31.4. The number of hydrogen-bond donors (Lipinski definition) is 3. The largest absolute Gasteiger partial charge is 0.480 e. The Hall–Kier alpha value is -3.56. The summed E-state index contributed by atoms with van der Waals surface area (Å²) >= 11 is 12.5. The fourth-order valence-corrected chi connectivity index (χ4v) is 6.95. The van der Waals surface area contributed by atoms with Gasteiger partial charge in [-0.1, -0.05) is 34.4 Å². The maximum atomic E-state index is 15.1. The van der Waals surface area contributed by atoms with Crippen LogP contribution in [0, 0.1) is 5.82 Å². The van der Waals surface area contributed by atoms with E-state index in [9.17, 15) is 23.1 Å². The fraction of sp³-hybridized carbons (Fsp3) is 0.231. The monoisotopic (exact) mass is 656 g/mol. The Balaban J connectivity index is 1.46. The minimum atomic E-state index is -4.33. The first-order valence-electron chi connectivity index (χ1n) is 12.0. The Morgan fingerprint density at radius 2 is 1.83 bits per heavy atom. The number of benzene rings is 2. The zero-order valence-electron chi connectivity index (χ0n) is 22.1. The summed E-state index contributed by atoms with van der Waals surface area (Å²) in [5.41, 5.74) is 0.491. The zero-order chi connectivity index (χ0) is 30.8. The van der Waals surface area contributed by atoms with Gasteiger partial charge in [0.1, 0.15) is 26.7 Å². The topological polar surface area (TPSA) is 161 Å². The third kappa shape index (κ3) is 7.83. The molecule has 16 heteroatoms. The molecule has 4 aromatic rings. The van der Waals surface area contributed by atoms with E-state index in [0.717, 1.165) is 23.5 Å². The predicted octanol–water partition coefficient (Wildman–Crippen LogP) is 6.23. The van der Waals surface area contributed by atoms with Crippen molar-refractivity contribution in [2.24, 2.45) is 0 Å². The summed E-state index contributed by atoms with van der Waals surface area (Å²) in [4.78, 5) is 27.6. The number of sulfonamides is 1. The van der Waals surface area contributed by atoms with Crippen LogP contribution in [0.5, 0.6) is 0 Å². The van der Waals surface area contributed by atoms with Crippen molar-refractivity contribution >= 4 is 62.3 Å². The number of anilines is 1. The molecule has 0 saturated heterocycles. The molecule has 0 spiro atoms. The summed E-state index contributed by atoms with van der Waals surface area (Å²) in [5.74, 6) is -2.23. The maximum absolute atomic E-state index is 15.1. The number of hydrogen-bond acceptors (Lipinski definition) is 9. The summed E-state index contributed by atoms with van der Waals surface area (Å²) < 4.78 is 52.9. The zero-order valence-corrected chi connectivity index (χ0v) is 25.3. The number of nitrogens with zero attached hydrogens (tertiary/aromatic N) is 2. The second kappa shape index (κ2) is 12.4. The van der Waals surface area contributed by atoms with E-state index in [-0.39, 0.29) is 42.8 Å². The Morgan fingerprint density at radius 1 is 1.14 bits per heavy atom. The van der Waals surface area contributed by atoms with Gasteiger partial charge in [0.05, 0.1) is 9.90 Å². The van der Waals surface area contributed by atoms with Gasteiger partial charge in [0.25, 0.3) is 5.89 Å². The van der Waals surface area contributed by atoms with E-state index in [0.29, 0.717) is 11.3 Å². The number of rotatable bonds is 9. The lowest BCUT2D eigenvalue weighted by Crippen LogP contribution is -2.42. The molecular formula is C26H23Cl2FN4O7S2. The molecule has 0 aliphatic rings. The number of amides is 1. The van der Waals surface area contributed by atoms with Gasteiger partial charge in [-0.05, 0) is 75.2 Å². The second-order valence-electron chi connectivity index (χ2n) is 9.85. The predicted molar refractivity (Wildman–Crippen MR) is 155 cm³/mol. The fourth-order valence-electron chi connectivity index (χ4n) is 3.61. The molecule has 1 atom stereocenters. The molecule has 11 nitrogen and oxygen atoms in total. The molecule has 0 saturated carbocycles. The minimum absolute atomic E-state index is 0.0240. The van der Waals surface area contributed by atoms with Crippen LogP contribution in [0.3, 0.4) is 0 Å². The third-order valence-electron chi connectivity index (χ3n) is 5.43. The summed E-state index contributed by atoms with van der Waals surface area (Å²) in [5, 5.41) is 16.0. The normalized spacial score (nSPS) is 12.6. The Labute approximate surface area is 253 Å².